The predicted molar refractivity (Wildman–Crippen MR) is 75.3 cm³/mol. The first-order valence-electron chi connectivity index (χ1n) is 5.46. The second-order valence-corrected chi connectivity index (χ2v) is 4.46. The number of pyridine rings is 1. The molecule has 0 saturated heterocycles. The molecule has 5 heteroatoms. The van der Waals surface area contributed by atoms with Gasteiger partial charge >= 0.3 is 0 Å². The first-order chi connectivity index (χ1) is 8.61. The average Bonchev–Trinajstić information content (AvgIpc) is 2.34. The van der Waals surface area contributed by atoms with Crippen molar-refractivity contribution in [1.82, 2.24) is 4.98 Å². The Morgan fingerprint density at radius 1 is 1.22 bits per heavy atom. The molecule has 0 atom stereocenters. The van der Waals surface area contributed by atoms with Crippen LogP contribution in [0.1, 0.15) is 6.92 Å². The average molecular weight is 283 g/mol. The zero-order valence-corrected chi connectivity index (χ0v) is 11.3. The second kappa shape index (κ2) is 5.46. The van der Waals surface area contributed by atoms with Crippen molar-refractivity contribution < 1.29 is 4.74 Å². The number of nitrogens with two attached hydrogens (primary N) is 1. The fourth-order valence-electron chi connectivity index (χ4n) is 1.58. The van der Waals surface area contributed by atoms with E-state index in [4.69, 9.17) is 33.7 Å². The molecule has 0 spiro atoms. The first-order valence-corrected chi connectivity index (χ1v) is 6.22. The Labute approximate surface area is 115 Å². The highest BCUT2D eigenvalue weighted by atomic mass is 35.5. The summed E-state index contributed by atoms with van der Waals surface area (Å²) >= 11 is 12.0. The third-order valence-electron chi connectivity index (χ3n) is 2.38. The van der Waals surface area contributed by atoms with Gasteiger partial charge in [-0.3, -0.25) is 0 Å². The van der Waals surface area contributed by atoms with Gasteiger partial charge in [0, 0.05) is 5.56 Å². The van der Waals surface area contributed by atoms with E-state index in [1.807, 2.05) is 31.2 Å². The van der Waals surface area contributed by atoms with E-state index in [0.29, 0.717) is 22.3 Å². The first kappa shape index (κ1) is 13.0. The van der Waals surface area contributed by atoms with Crippen LogP contribution in [-0.2, 0) is 0 Å². The molecule has 0 aliphatic carbocycles. The number of aromatic nitrogens is 1. The number of halogens is 2. The minimum absolute atomic E-state index is 0.262. The Morgan fingerprint density at radius 3 is 2.72 bits per heavy atom. The van der Waals surface area contributed by atoms with Gasteiger partial charge in [0.15, 0.2) is 0 Å². The highest BCUT2D eigenvalue weighted by Crippen LogP contribution is 2.32. The standard InChI is InChI=1S/C13H12Cl2N2O/c1-2-18-9-5-3-4-8(6-9)12-10(14)7-11(15)13(16)17-12/h3-7H,2H2,1H3,(H2,16,17). The molecule has 2 aromatic rings. The largest absolute Gasteiger partial charge is 0.494 e. The van der Waals surface area contributed by atoms with Gasteiger partial charge < -0.3 is 10.5 Å². The summed E-state index contributed by atoms with van der Waals surface area (Å²) in [5, 5.41) is 0.813. The van der Waals surface area contributed by atoms with E-state index in [9.17, 15) is 0 Å². The maximum absolute atomic E-state index is 6.12. The third kappa shape index (κ3) is 2.68. The second-order valence-electron chi connectivity index (χ2n) is 3.65. The van der Waals surface area contributed by atoms with Crippen molar-refractivity contribution in [2.75, 3.05) is 12.3 Å². The van der Waals surface area contributed by atoms with E-state index in [1.54, 1.807) is 6.07 Å². The molecule has 0 aliphatic rings. The maximum atomic E-state index is 6.12. The van der Waals surface area contributed by atoms with Crippen LogP contribution in [0.2, 0.25) is 10.0 Å². The lowest BCUT2D eigenvalue weighted by atomic mass is 10.1. The van der Waals surface area contributed by atoms with Crippen LogP contribution in [0, 0.1) is 0 Å². The summed E-state index contributed by atoms with van der Waals surface area (Å²) < 4.78 is 5.43. The summed E-state index contributed by atoms with van der Waals surface area (Å²) in [6.45, 7) is 2.53. The molecule has 18 heavy (non-hydrogen) atoms. The fourth-order valence-corrected chi connectivity index (χ4v) is 2.05. The summed E-state index contributed by atoms with van der Waals surface area (Å²) in [6.07, 6.45) is 0. The van der Waals surface area contributed by atoms with Crippen molar-refractivity contribution in [3.05, 3.63) is 40.4 Å². The van der Waals surface area contributed by atoms with Crippen molar-refractivity contribution >= 4 is 29.0 Å². The predicted octanol–water partition coefficient (Wildman–Crippen LogP) is 4.04. The Hall–Kier alpha value is -1.45. The molecule has 0 aliphatic heterocycles. The van der Waals surface area contributed by atoms with Gasteiger partial charge in [-0.2, -0.15) is 0 Å². The molecule has 0 bridgehead atoms. The van der Waals surface area contributed by atoms with Crippen LogP contribution in [0.15, 0.2) is 30.3 Å². The maximum Gasteiger partial charge on any atom is 0.143 e. The SMILES string of the molecule is CCOc1cccc(-c2nc(N)c(Cl)cc2Cl)c1. The number of anilines is 1. The van der Waals surface area contributed by atoms with Crippen LogP contribution in [0.4, 0.5) is 5.82 Å². The van der Waals surface area contributed by atoms with Gasteiger partial charge in [-0.15, -0.1) is 0 Å². The minimum Gasteiger partial charge on any atom is -0.494 e. The molecule has 94 valence electrons. The number of hydrogen-bond donors (Lipinski definition) is 1. The zero-order valence-electron chi connectivity index (χ0n) is 9.78. The lowest BCUT2D eigenvalue weighted by Crippen LogP contribution is -1.96. The highest BCUT2D eigenvalue weighted by molar-refractivity contribution is 6.37. The third-order valence-corrected chi connectivity index (χ3v) is 2.97. The van der Waals surface area contributed by atoms with Gasteiger partial charge in [0.05, 0.1) is 22.3 Å². The molecular formula is C13H12Cl2N2O. The Balaban J connectivity index is 2.48. The molecule has 0 radical (unpaired) electrons. The van der Waals surface area contributed by atoms with Crippen LogP contribution < -0.4 is 10.5 Å². The van der Waals surface area contributed by atoms with Crippen molar-refractivity contribution in [3.63, 3.8) is 0 Å². The molecular weight excluding hydrogens is 271 g/mol. The van der Waals surface area contributed by atoms with Gasteiger partial charge in [-0.05, 0) is 25.1 Å². The quantitative estimate of drug-likeness (QED) is 0.924. The van der Waals surface area contributed by atoms with Crippen LogP contribution >= 0.6 is 23.2 Å². The van der Waals surface area contributed by atoms with Crippen molar-refractivity contribution in [2.45, 2.75) is 6.92 Å². The van der Waals surface area contributed by atoms with Crippen molar-refractivity contribution in [2.24, 2.45) is 0 Å². The molecule has 3 nitrogen and oxygen atoms in total. The summed E-state index contributed by atoms with van der Waals surface area (Å²) in [5.74, 6) is 1.03. The van der Waals surface area contributed by atoms with Crippen LogP contribution in [-0.4, -0.2) is 11.6 Å². The topological polar surface area (TPSA) is 48.1 Å². The molecule has 2 N–H and O–H groups in total. The molecule has 1 heterocycles. The number of ether oxygens (including phenoxy) is 1. The molecule has 2 rings (SSSR count). The van der Waals surface area contributed by atoms with Gasteiger partial charge in [0.25, 0.3) is 0 Å². The Bertz CT molecular complexity index is 573. The lowest BCUT2D eigenvalue weighted by molar-refractivity contribution is 0.340. The van der Waals surface area contributed by atoms with Gasteiger partial charge in [-0.1, -0.05) is 35.3 Å². The summed E-state index contributed by atoms with van der Waals surface area (Å²) in [6, 6.07) is 9.10. The minimum atomic E-state index is 0.262. The van der Waals surface area contributed by atoms with Crippen molar-refractivity contribution in [3.8, 4) is 17.0 Å². The smallest absolute Gasteiger partial charge is 0.143 e. The summed E-state index contributed by atoms with van der Waals surface area (Å²) in [7, 11) is 0. The number of hydrogen-bond acceptors (Lipinski definition) is 3. The van der Waals surface area contributed by atoms with E-state index in [2.05, 4.69) is 4.98 Å². The molecule has 0 fully saturated rings. The number of rotatable bonds is 3. The van der Waals surface area contributed by atoms with Crippen LogP contribution in [0.5, 0.6) is 5.75 Å². The van der Waals surface area contributed by atoms with Gasteiger partial charge in [0.1, 0.15) is 11.6 Å². The van der Waals surface area contributed by atoms with Crippen LogP contribution in [0.3, 0.4) is 0 Å². The van der Waals surface area contributed by atoms with E-state index in [-0.39, 0.29) is 5.82 Å². The van der Waals surface area contributed by atoms with Crippen LogP contribution in [0.25, 0.3) is 11.3 Å². The molecule has 0 saturated carbocycles. The Morgan fingerprint density at radius 2 is 2.00 bits per heavy atom. The number of nitrogens with zero attached hydrogens (tertiary/aromatic N) is 1. The highest BCUT2D eigenvalue weighted by Gasteiger charge is 2.10. The van der Waals surface area contributed by atoms with Crippen molar-refractivity contribution in [1.29, 1.82) is 0 Å². The van der Waals surface area contributed by atoms with E-state index in [1.165, 1.54) is 0 Å². The normalized spacial score (nSPS) is 10.4. The molecule has 1 aromatic heterocycles. The van der Waals surface area contributed by atoms with E-state index in [0.717, 1.165) is 11.3 Å². The zero-order chi connectivity index (χ0) is 13.1. The van der Waals surface area contributed by atoms with E-state index >= 15 is 0 Å². The Kier molecular flexibility index (Phi) is 3.94. The van der Waals surface area contributed by atoms with Gasteiger partial charge in [-0.25, -0.2) is 4.98 Å². The molecule has 1 aromatic carbocycles. The number of benzene rings is 1. The monoisotopic (exact) mass is 282 g/mol. The number of nitrogen functional groups attached to an aromatic ring is 1. The van der Waals surface area contributed by atoms with Gasteiger partial charge in [0.2, 0.25) is 0 Å². The fraction of sp³-hybridized carbons (Fsp3) is 0.154. The molecule has 0 unspecified atom stereocenters. The summed E-state index contributed by atoms with van der Waals surface area (Å²) in [4.78, 5) is 4.20. The molecule has 0 amide bonds. The summed E-state index contributed by atoms with van der Waals surface area (Å²) in [5.41, 5.74) is 7.13. The lowest BCUT2D eigenvalue weighted by Gasteiger charge is -2.08. The van der Waals surface area contributed by atoms with E-state index < -0.39 is 0 Å².